The third-order valence-electron chi connectivity index (χ3n) is 3.31. The number of piperidine rings is 1. The predicted molar refractivity (Wildman–Crippen MR) is 73.7 cm³/mol. The number of rotatable bonds is 3. The summed E-state index contributed by atoms with van der Waals surface area (Å²) in [6.45, 7) is 0.926. The van der Waals surface area contributed by atoms with E-state index in [1.807, 2.05) is 0 Å². The number of sulfone groups is 1. The quantitative estimate of drug-likeness (QED) is 0.659. The van der Waals surface area contributed by atoms with Crippen LogP contribution in [0.15, 0.2) is 23.1 Å². The highest BCUT2D eigenvalue weighted by molar-refractivity contribution is 7.90. The minimum Gasteiger partial charge on any atom is -0.391 e. The first-order chi connectivity index (χ1) is 9.29. The molecule has 1 saturated heterocycles. The van der Waals surface area contributed by atoms with Crippen LogP contribution >= 0.6 is 0 Å². The first kappa shape index (κ1) is 14.7. The van der Waals surface area contributed by atoms with Crippen molar-refractivity contribution < 1.29 is 18.4 Å². The maximum Gasteiger partial charge on any atom is 0.293 e. The molecule has 0 aromatic heterocycles. The number of hydrogen-bond donors (Lipinski definition) is 1. The lowest BCUT2D eigenvalue weighted by atomic mass is 10.1. The van der Waals surface area contributed by atoms with Crippen LogP contribution in [-0.4, -0.2) is 43.9 Å². The van der Waals surface area contributed by atoms with Gasteiger partial charge in [-0.25, -0.2) is 8.42 Å². The van der Waals surface area contributed by atoms with E-state index in [2.05, 4.69) is 0 Å². The fourth-order valence-corrected chi connectivity index (χ4v) is 2.96. The van der Waals surface area contributed by atoms with E-state index < -0.39 is 20.9 Å². The van der Waals surface area contributed by atoms with Gasteiger partial charge in [0.25, 0.3) is 5.69 Å². The van der Waals surface area contributed by atoms with Gasteiger partial charge in [-0.15, -0.1) is 0 Å². The van der Waals surface area contributed by atoms with E-state index in [9.17, 15) is 23.6 Å². The summed E-state index contributed by atoms with van der Waals surface area (Å²) in [6, 6.07) is 3.87. The summed E-state index contributed by atoms with van der Waals surface area (Å²) in [4.78, 5) is 12.2. The van der Waals surface area contributed by atoms with Gasteiger partial charge in [-0.05, 0) is 25.0 Å². The Morgan fingerprint density at radius 1 is 1.45 bits per heavy atom. The second kappa shape index (κ2) is 5.37. The van der Waals surface area contributed by atoms with Gasteiger partial charge in [-0.3, -0.25) is 10.1 Å². The lowest BCUT2D eigenvalue weighted by Crippen LogP contribution is -2.38. The van der Waals surface area contributed by atoms with Crippen LogP contribution in [0.3, 0.4) is 0 Å². The van der Waals surface area contributed by atoms with Crippen molar-refractivity contribution in [2.75, 3.05) is 24.2 Å². The minimum absolute atomic E-state index is 0.0782. The number of β-amino-alcohol motifs (C(OH)–C–C–N with tert-alkyl or cyclic N) is 1. The van der Waals surface area contributed by atoms with E-state index in [4.69, 9.17) is 0 Å². The molecule has 20 heavy (non-hydrogen) atoms. The third kappa shape index (κ3) is 3.07. The summed E-state index contributed by atoms with van der Waals surface area (Å²) >= 11 is 0. The van der Waals surface area contributed by atoms with Crippen molar-refractivity contribution in [1.29, 1.82) is 0 Å². The molecule has 0 aliphatic carbocycles. The summed E-state index contributed by atoms with van der Waals surface area (Å²) in [5, 5.41) is 20.8. The van der Waals surface area contributed by atoms with E-state index >= 15 is 0 Å². The van der Waals surface area contributed by atoms with Crippen molar-refractivity contribution in [2.45, 2.75) is 23.8 Å². The van der Waals surface area contributed by atoms with Crippen molar-refractivity contribution >= 4 is 21.2 Å². The summed E-state index contributed by atoms with van der Waals surface area (Å²) in [7, 11) is -3.49. The first-order valence-corrected chi connectivity index (χ1v) is 8.09. The highest BCUT2D eigenvalue weighted by Gasteiger charge is 2.26. The average molecular weight is 300 g/mol. The molecule has 2 rings (SSSR count). The van der Waals surface area contributed by atoms with Crippen LogP contribution in [0.1, 0.15) is 12.8 Å². The Balaban J connectivity index is 2.45. The number of nitro groups is 1. The van der Waals surface area contributed by atoms with Crippen molar-refractivity contribution in [3.63, 3.8) is 0 Å². The fraction of sp³-hybridized carbons (Fsp3) is 0.500. The van der Waals surface area contributed by atoms with Gasteiger partial charge in [-0.2, -0.15) is 0 Å². The van der Waals surface area contributed by atoms with Crippen LogP contribution < -0.4 is 4.90 Å². The molecular weight excluding hydrogens is 284 g/mol. The number of nitro benzene ring substituents is 1. The molecule has 1 aliphatic rings. The number of anilines is 1. The molecule has 1 atom stereocenters. The van der Waals surface area contributed by atoms with E-state index in [1.54, 1.807) is 4.90 Å². The number of benzene rings is 1. The lowest BCUT2D eigenvalue weighted by Gasteiger charge is -2.31. The highest BCUT2D eigenvalue weighted by Crippen LogP contribution is 2.32. The van der Waals surface area contributed by atoms with Crippen LogP contribution in [0.4, 0.5) is 11.4 Å². The zero-order valence-electron chi connectivity index (χ0n) is 11.0. The number of aliphatic hydroxyl groups is 1. The van der Waals surface area contributed by atoms with Gasteiger partial charge in [0.2, 0.25) is 0 Å². The molecule has 0 unspecified atom stereocenters. The second-order valence-corrected chi connectivity index (χ2v) is 6.94. The lowest BCUT2D eigenvalue weighted by molar-refractivity contribution is -0.384. The SMILES string of the molecule is CS(=O)(=O)c1ccc(N2CCC[C@@H](O)C2)c([N+](=O)[O-])c1. The molecule has 1 aliphatic heterocycles. The summed E-state index contributed by atoms with van der Waals surface area (Å²) in [5.41, 5.74) is 0.100. The molecule has 110 valence electrons. The smallest absolute Gasteiger partial charge is 0.293 e. The Morgan fingerprint density at radius 2 is 2.15 bits per heavy atom. The summed E-state index contributed by atoms with van der Waals surface area (Å²) in [5.74, 6) is 0. The van der Waals surface area contributed by atoms with E-state index in [0.717, 1.165) is 18.7 Å². The van der Waals surface area contributed by atoms with Crippen LogP contribution in [0.5, 0.6) is 0 Å². The van der Waals surface area contributed by atoms with E-state index in [1.165, 1.54) is 12.1 Å². The monoisotopic (exact) mass is 300 g/mol. The maximum atomic E-state index is 11.5. The Hall–Kier alpha value is -1.67. The molecule has 0 saturated carbocycles. The van der Waals surface area contributed by atoms with Crippen molar-refractivity contribution in [2.24, 2.45) is 0 Å². The topological polar surface area (TPSA) is 101 Å². The molecule has 1 aromatic rings. The molecule has 0 spiro atoms. The van der Waals surface area contributed by atoms with Crippen molar-refractivity contribution in [3.05, 3.63) is 28.3 Å². The molecule has 1 fully saturated rings. The molecule has 1 heterocycles. The highest BCUT2D eigenvalue weighted by atomic mass is 32.2. The van der Waals surface area contributed by atoms with Gasteiger partial charge < -0.3 is 10.0 Å². The van der Waals surface area contributed by atoms with Gasteiger partial charge in [0.15, 0.2) is 9.84 Å². The van der Waals surface area contributed by atoms with Gasteiger partial charge in [0.1, 0.15) is 5.69 Å². The normalized spacial score (nSPS) is 19.9. The van der Waals surface area contributed by atoms with Crippen LogP contribution in [0, 0.1) is 10.1 Å². The van der Waals surface area contributed by atoms with Gasteiger partial charge >= 0.3 is 0 Å². The largest absolute Gasteiger partial charge is 0.391 e. The molecule has 1 N–H and O–H groups in total. The maximum absolute atomic E-state index is 11.5. The van der Waals surface area contributed by atoms with Crippen LogP contribution in [0.2, 0.25) is 0 Å². The van der Waals surface area contributed by atoms with Gasteiger partial charge in [-0.1, -0.05) is 0 Å². The Labute approximate surface area is 116 Å². The van der Waals surface area contributed by atoms with E-state index in [-0.39, 0.29) is 10.6 Å². The molecule has 1 aromatic carbocycles. The Kier molecular flexibility index (Phi) is 3.96. The average Bonchev–Trinajstić information content (AvgIpc) is 2.37. The number of hydrogen-bond acceptors (Lipinski definition) is 6. The molecule has 8 heteroatoms. The summed E-state index contributed by atoms with van der Waals surface area (Å²) < 4.78 is 22.9. The Bertz CT molecular complexity index is 629. The second-order valence-electron chi connectivity index (χ2n) is 4.92. The zero-order chi connectivity index (χ0) is 14.9. The van der Waals surface area contributed by atoms with Crippen LogP contribution in [-0.2, 0) is 9.84 Å². The molecule has 0 radical (unpaired) electrons. The molecular formula is C12H16N2O5S. The standard InChI is InChI=1S/C12H16N2O5S/c1-20(18,19)10-4-5-11(12(7-10)14(16)17)13-6-2-3-9(15)8-13/h4-5,7,9,15H,2-3,6,8H2,1H3/t9-/m1/s1. The number of aliphatic hydroxyl groups excluding tert-OH is 1. The van der Waals surface area contributed by atoms with Crippen molar-refractivity contribution in [1.82, 2.24) is 0 Å². The minimum atomic E-state index is -3.49. The van der Waals surface area contributed by atoms with Crippen molar-refractivity contribution in [3.8, 4) is 0 Å². The predicted octanol–water partition coefficient (Wildman–Crippen LogP) is 0.959. The molecule has 7 nitrogen and oxygen atoms in total. The zero-order valence-corrected chi connectivity index (χ0v) is 11.8. The third-order valence-corrected chi connectivity index (χ3v) is 4.42. The van der Waals surface area contributed by atoms with Crippen LogP contribution in [0.25, 0.3) is 0 Å². The number of nitrogens with zero attached hydrogens (tertiary/aromatic N) is 2. The van der Waals surface area contributed by atoms with E-state index in [0.29, 0.717) is 25.2 Å². The Morgan fingerprint density at radius 3 is 2.70 bits per heavy atom. The molecule has 0 amide bonds. The fourth-order valence-electron chi connectivity index (χ4n) is 2.32. The first-order valence-electron chi connectivity index (χ1n) is 6.20. The summed E-state index contributed by atoms with van der Waals surface area (Å²) in [6.07, 6.45) is 1.91. The molecule has 0 bridgehead atoms. The van der Waals surface area contributed by atoms with Gasteiger partial charge in [0, 0.05) is 25.4 Å². The van der Waals surface area contributed by atoms with Gasteiger partial charge in [0.05, 0.1) is 15.9 Å².